The molecule has 0 fully saturated rings. The minimum absolute atomic E-state index is 0.304. The fourth-order valence-corrected chi connectivity index (χ4v) is 3.07. The predicted octanol–water partition coefficient (Wildman–Crippen LogP) is 4.75. The Morgan fingerprint density at radius 3 is 2.39 bits per heavy atom. The molecule has 0 bridgehead atoms. The van der Waals surface area contributed by atoms with Crippen molar-refractivity contribution >= 4 is 5.97 Å². The second-order valence-corrected chi connectivity index (χ2v) is 5.52. The number of carbonyl (C=O) groups is 1. The molecule has 1 aliphatic heterocycles. The molecule has 3 nitrogen and oxygen atoms in total. The molecule has 4 rings (SSSR count). The van der Waals surface area contributed by atoms with Crippen LogP contribution < -0.4 is 4.74 Å². The van der Waals surface area contributed by atoms with Gasteiger partial charge in [0, 0.05) is 17.5 Å². The zero-order valence-electron chi connectivity index (χ0n) is 12.3. The van der Waals surface area contributed by atoms with Crippen molar-refractivity contribution in [3.63, 3.8) is 0 Å². The summed E-state index contributed by atoms with van der Waals surface area (Å²) < 4.78 is 5.98. The lowest BCUT2D eigenvalue weighted by molar-refractivity contribution is 0.0697. The maximum absolute atomic E-state index is 11.7. The van der Waals surface area contributed by atoms with Crippen LogP contribution in [-0.4, -0.2) is 11.1 Å². The van der Waals surface area contributed by atoms with Gasteiger partial charge in [-0.2, -0.15) is 0 Å². The van der Waals surface area contributed by atoms with Crippen molar-refractivity contribution in [1.29, 1.82) is 0 Å². The van der Waals surface area contributed by atoms with Crippen LogP contribution in [0.1, 0.15) is 21.5 Å². The summed E-state index contributed by atoms with van der Waals surface area (Å²) in [6.45, 7) is 0. The van der Waals surface area contributed by atoms with E-state index in [-0.39, 0.29) is 0 Å². The third kappa shape index (κ3) is 2.27. The molecule has 3 aromatic carbocycles. The number of carboxylic acids is 1. The first-order valence-corrected chi connectivity index (χ1v) is 7.44. The molecule has 0 atom stereocenters. The number of hydrogen-bond donors (Lipinski definition) is 1. The second kappa shape index (κ2) is 5.29. The van der Waals surface area contributed by atoms with Crippen LogP contribution in [0.15, 0.2) is 66.7 Å². The second-order valence-electron chi connectivity index (χ2n) is 5.52. The third-order valence-electron chi connectivity index (χ3n) is 4.12. The molecule has 1 aliphatic rings. The van der Waals surface area contributed by atoms with Gasteiger partial charge in [-0.1, -0.05) is 48.5 Å². The Bertz CT molecular complexity index is 898. The minimum atomic E-state index is -0.925. The number of fused-ring (bicyclic) bond motifs is 2. The number of hydrogen-bond acceptors (Lipinski definition) is 2. The van der Waals surface area contributed by atoms with Gasteiger partial charge in [-0.3, -0.25) is 0 Å². The van der Waals surface area contributed by atoms with Crippen molar-refractivity contribution in [2.75, 3.05) is 0 Å². The molecule has 1 heterocycles. The van der Waals surface area contributed by atoms with E-state index in [9.17, 15) is 9.90 Å². The molecule has 0 amide bonds. The summed E-state index contributed by atoms with van der Waals surface area (Å²) in [5.41, 5.74) is 3.93. The summed E-state index contributed by atoms with van der Waals surface area (Å²) in [6.07, 6.45) is 0.664. The van der Waals surface area contributed by atoms with Crippen LogP contribution >= 0.6 is 0 Å². The van der Waals surface area contributed by atoms with Gasteiger partial charge in [-0.05, 0) is 29.3 Å². The van der Waals surface area contributed by atoms with Crippen LogP contribution in [-0.2, 0) is 6.42 Å². The van der Waals surface area contributed by atoms with E-state index in [1.807, 2.05) is 54.6 Å². The molecule has 0 spiro atoms. The number of aromatic carboxylic acids is 1. The van der Waals surface area contributed by atoms with Crippen molar-refractivity contribution in [1.82, 2.24) is 0 Å². The molecule has 0 unspecified atom stereocenters. The van der Waals surface area contributed by atoms with Gasteiger partial charge in [0.2, 0.25) is 0 Å². The zero-order chi connectivity index (χ0) is 15.8. The largest absolute Gasteiger partial charge is 0.478 e. The molecule has 23 heavy (non-hydrogen) atoms. The molecule has 0 saturated carbocycles. The van der Waals surface area contributed by atoms with Crippen LogP contribution in [0.3, 0.4) is 0 Å². The third-order valence-corrected chi connectivity index (χ3v) is 4.12. The average Bonchev–Trinajstić information content (AvgIpc) is 2.59. The Morgan fingerprint density at radius 2 is 1.61 bits per heavy atom. The molecular weight excluding hydrogens is 288 g/mol. The van der Waals surface area contributed by atoms with E-state index in [4.69, 9.17) is 4.74 Å². The highest BCUT2D eigenvalue weighted by atomic mass is 16.5. The average molecular weight is 302 g/mol. The molecule has 3 aromatic rings. The van der Waals surface area contributed by atoms with E-state index in [2.05, 4.69) is 0 Å². The van der Waals surface area contributed by atoms with Crippen molar-refractivity contribution in [3.8, 4) is 22.6 Å². The monoisotopic (exact) mass is 302 g/mol. The number of rotatable bonds is 2. The summed E-state index contributed by atoms with van der Waals surface area (Å²) in [6, 6.07) is 20.8. The highest BCUT2D eigenvalue weighted by molar-refractivity contribution is 5.98. The first-order chi connectivity index (χ1) is 11.2. The Morgan fingerprint density at radius 1 is 0.870 bits per heavy atom. The van der Waals surface area contributed by atoms with Crippen molar-refractivity contribution in [3.05, 3.63) is 83.4 Å². The molecule has 3 heteroatoms. The maximum Gasteiger partial charge on any atom is 0.336 e. The molecule has 0 aromatic heterocycles. The Hall–Kier alpha value is -3.07. The summed E-state index contributed by atoms with van der Waals surface area (Å²) in [4.78, 5) is 11.7. The van der Waals surface area contributed by atoms with Crippen LogP contribution in [0.4, 0.5) is 0 Å². The fourth-order valence-electron chi connectivity index (χ4n) is 3.07. The van der Waals surface area contributed by atoms with Gasteiger partial charge >= 0.3 is 5.97 Å². The zero-order valence-corrected chi connectivity index (χ0v) is 12.3. The Labute approximate surface area is 133 Å². The smallest absolute Gasteiger partial charge is 0.336 e. The van der Waals surface area contributed by atoms with Gasteiger partial charge in [0.1, 0.15) is 11.5 Å². The molecule has 0 radical (unpaired) electrons. The van der Waals surface area contributed by atoms with Gasteiger partial charge < -0.3 is 9.84 Å². The topological polar surface area (TPSA) is 46.5 Å². The molecule has 112 valence electrons. The Kier molecular flexibility index (Phi) is 3.12. The summed E-state index contributed by atoms with van der Waals surface area (Å²) in [5.74, 6) is 0.639. The lowest BCUT2D eigenvalue weighted by Gasteiger charge is -2.23. The van der Waals surface area contributed by atoms with E-state index in [0.717, 1.165) is 33.8 Å². The van der Waals surface area contributed by atoms with Gasteiger partial charge in [-0.25, -0.2) is 4.79 Å². The van der Waals surface area contributed by atoms with Crippen LogP contribution in [0.5, 0.6) is 11.5 Å². The van der Waals surface area contributed by atoms with E-state index < -0.39 is 5.97 Å². The first-order valence-electron chi connectivity index (χ1n) is 7.44. The highest BCUT2D eigenvalue weighted by Crippen LogP contribution is 2.42. The van der Waals surface area contributed by atoms with Gasteiger partial charge in [0.15, 0.2) is 0 Å². The quantitative estimate of drug-likeness (QED) is 0.581. The van der Waals surface area contributed by atoms with Crippen molar-refractivity contribution < 1.29 is 14.6 Å². The van der Waals surface area contributed by atoms with E-state index in [1.54, 1.807) is 12.1 Å². The van der Waals surface area contributed by atoms with E-state index in [0.29, 0.717) is 12.0 Å². The van der Waals surface area contributed by atoms with Gasteiger partial charge in [0.05, 0.1) is 5.56 Å². The summed E-state index contributed by atoms with van der Waals surface area (Å²) in [7, 11) is 0. The predicted molar refractivity (Wildman–Crippen MR) is 88.2 cm³/mol. The van der Waals surface area contributed by atoms with Crippen LogP contribution in [0, 0.1) is 0 Å². The van der Waals surface area contributed by atoms with Crippen LogP contribution in [0.25, 0.3) is 11.1 Å². The highest BCUT2D eigenvalue weighted by Gasteiger charge is 2.24. The molecular formula is C20H14O3. The molecule has 0 saturated heterocycles. The summed E-state index contributed by atoms with van der Waals surface area (Å²) in [5, 5.41) is 9.58. The van der Waals surface area contributed by atoms with Gasteiger partial charge in [0.25, 0.3) is 0 Å². The standard InChI is InChI=1S/C20H14O3/c21-20(22)15-10-11-18-16(19(15)13-6-2-1-3-7-13)12-14-8-4-5-9-17(14)23-18/h1-11H,12H2,(H,21,22). The Balaban J connectivity index is 1.96. The van der Waals surface area contributed by atoms with E-state index in [1.165, 1.54) is 0 Å². The van der Waals surface area contributed by atoms with Gasteiger partial charge in [-0.15, -0.1) is 0 Å². The minimum Gasteiger partial charge on any atom is -0.478 e. The normalized spacial score (nSPS) is 12.0. The number of ether oxygens (including phenoxy) is 1. The maximum atomic E-state index is 11.7. The number of para-hydroxylation sites is 1. The molecule has 0 aliphatic carbocycles. The van der Waals surface area contributed by atoms with E-state index >= 15 is 0 Å². The number of benzene rings is 3. The lowest BCUT2D eigenvalue weighted by atomic mass is 9.88. The fraction of sp³-hybridized carbons (Fsp3) is 0.0500. The van der Waals surface area contributed by atoms with Crippen LogP contribution in [0.2, 0.25) is 0 Å². The van der Waals surface area contributed by atoms with Crippen molar-refractivity contribution in [2.45, 2.75) is 6.42 Å². The van der Waals surface area contributed by atoms with Crippen molar-refractivity contribution in [2.24, 2.45) is 0 Å². The lowest BCUT2D eigenvalue weighted by Crippen LogP contribution is -2.09. The number of carboxylic acid groups (broad SMARTS) is 1. The first kappa shape index (κ1) is 13.6. The summed E-state index contributed by atoms with van der Waals surface area (Å²) >= 11 is 0. The molecule has 1 N–H and O–H groups in total. The SMILES string of the molecule is O=C(O)c1ccc2c(c1-c1ccccc1)Cc1ccccc1O2.